The Labute approximate surface area is 116 Å². The van der Waals surface area contributed by atoms with Crippen molar-refractivity contribution in [2.45, 2.75) is 31.7 Å². The van der Waals surface area contributed by atoms with Crippen LogP contribution >= 0.6 is 0 Å². The molecule has 2 N–H and O–H groups in total. The van der Waals surface area contributed by atoms with Crippen molar-refractivity contribution in [2.24, 2.45) is 11.8 Å². The molecule has 3 rings (SSSR count). The van der Waals surface area contributed by atoms with Gasteiger partial charge in [0, 0.05) is 38.8 Å². The van der Waals surface area contributed by atoms with Crippen molar-refractivity contribution in [1.29, 1.82) is 0 Å². The first-order chi connectivity index (χ1) is 9.14. The quantitative estimate of drug-likeness (QED) is 0.692. The lowest BCUT2D eigenvalue weighted by Gasteiger charge is -2.27. The summed E-state index contributed by atoms with van der Waals surface area (Å²) in [6.07, 6.45) is 4.84. The second-order valence-electron chi connectivity index (χ2n) is 6.23. The fourth-order valence-electron chi connectivity index (χ4n) is 2.94. The summed E-state index contributed by atoms with van der Waals surface area (Å²) in [4.78, 5) is 2.24. The van der Waals surface area contributed by atoms with E-state index in [9.17, 15) is 8.42 Å². The Hall–Kier alpha value is -0.170. The molecule has 3 aliphatic rings. The third-order valence-corrected chi connectivity index (χ3v) is 5.81. The van der Waals surface area contributed by atoms with Crippen molar-refractivity contribution >= 4 is 10.0 Å². The Morgan fingerprint density at radius 1 is 1.11 bits per heavy atom. The molecule has 0 aromatic heterocycles. The molecule has 0 aromatic carbocycles. The number of sulfonamides is 1. The molecule has 2 saturated carbocycles. The van der Waals surface area contributed by atoms with E-state index in [1.54, 1.807) is 0 Å². The minimum Gasteiger partial charge on any atom is -0.314 e. The van der Waals surface area contributed by atoms with Gasteiger partial charge >= 0.3 is 0 Å². The molecule has 0 radical (unpaired) electrons. The van der Waals surface area contributed by atoms with E-state index >= 15 is 0 Å². The lowest BCUT2D eigenvalue weighted by atomic mass is 10.1. The van der Waals surface area contributed by atoms with Crippen molar-refractivity contribution in [3.8, 4) is 0 Å². The highest BCUT2D eigenvalue weighted by Crippen LogP contribution is 2.44. The first-order valence-corrected chi connectivity index (χ1v) is 9.22. The van der Waals surface area contributed by atoms with E-state index in [2.05, 4.69) is 14.9 Å². The monoisotopic (exact) mass is 287 g/mol. The number of hydrogen-bond donors (Lipinski definition) is 2. The van der Waals surface area contributed by atoms with Gasteiger partial charge in [0.1, 0.15) is 0 Å². The van der Waals surface area contributed by atoms with E-state index in [-0.39, 0.29) is 11.8 Å². The standard InChI is InChI=1S/C13H25N3O2S/c17-19(18,10-9-16-7-5-14-6-8-16)15-13(11-1-2-11)12-3-4-12/h11-15H,1-10H2. The zero-order valence-corrected chi connectivity index (χ0v) is 12.3. The largest absolute Gasteiger partial charge is 0.314 e. The van der Waals surface area contributed by atoms with Crippen LogP contribution in [-0.4, -0.2) is 57.8 Å². The normalized spacial score (nSPS) is 25.9. The van der Waals surface area contributed by atoms with Crippen molar-refractivity contribution < 1.29 is 8.42 Å². The van der Waals surface area contributed by atoms with Crippen molar-refractivity contribution in [2.75, 3.05) is 38.5 Å². The molecule has 1 aliphatic heterocycles. The Bertz CT molecular complexity index is 386. The lowest BCUT2D eigenvalue weighted by Crippen LogP contribution is -2.47. The fraction of sp³-hybridized carbons (Fsp3) is 1.00. The Kier molecular flexibility index (Phi) is 4.12. The molecule has 110 valence electrons. The third kappa shape index (κ3) is 4.15. The minimum absolute atomic E-state index is 0.244. The molecular formula is C13H25N3O2S. The van der Waals surface area contributed by atoms with Crippen molar-refractivity contribution in [1.82, 2.24) is 14.9 Å². The maximum Gasteiger partial charge on any atom is 0.213 e. The highest BCUT2D eigenvalue weighted by Gasteiger charge is 2.43. The summed E-state index contributed by atoms with van der Waals surface area (Å²) in [5.41, 5.74) is 0. The summed E-state index contributed by atoms with van der Waals surface area (Å²) in [6, 6.07) is 0.244. The average molecular weight is 287 g/mol. The maximum atomic E-state index is 12.2. The van der Waals surface area contributed by atoms with Gasteiger partial charge in [0.25, 0.3) is 0 Å². The van der Waals surface area contributed by atoms with E-state index in [0.29, 0.717) is 18.4 Å². The van der Waals surface area contributed by atoms with Crippen LogP contribution in [0.1, 0.15) is 25.7 Å². The van der Waals surface area contributed by atoms with Crippen molar-refractivity contribution in [3.63, 3.8) is 0 Å². The Morgan fingerprint density at radius 2 is 1.68 bits per heavy atom. The Morgan fingerprint density at radius 3 is 2.21 bits per heavy atom. The van der Waals surface area contributed by atoms with Crippen LogP contribution in [-0.2, 0) is 10.0 Å². The summed E-state index contributed by atoms with van der Waals surface area (Å²) < 4.78 is 27.4. The smallest absolute Gasteiger partial charge is 0.213 e. The first-order valence-electron chi connectivity index (χ1n) is 7.57. The molecule has 0 amide bonds. The van der Waals surface area contributed by atoms with E-state index < -0.39 is 10.0 Å². The summed E-state index contributed by atoms with van der Waals surface area (Å²) in [7, 11) is -3.10. The highest BCUT2D eigenvalue weighted by molar-refractivity contribution is 7.89. The molecule has 0 aromatic rings. The zero-order valence-electron chi connectivity index (χ0n) is 11.5. The molecule has 1 saturated heterocycles. The highest BCUT2D eigenvalue weighted by atomic mass is 32.2. The summed E-state index contributed by atoms with van der Waals surface area (Å²) in [5, 5.41) is 3.28. The van der Waals surface area contributed by atoms with Gasteiger partial charge in [-0.2, -0.15) is 0 Å². The van der Waals surface area contributed by atoms with Crippen LogP contribution in [0.5, 0.6) is 0 Å². The molecule has 5 nitrogen and oxygen atoms in total. The summed E-state index contributed by atoms with van der Waals surface area (Å²) in [5.74, 6) is 1.51. The average Bonchev–Trinajstić information content (AvgIpc) is 3.29. The molecule has 0 spiro atoms. The minimum atomic E-state index is -3.10. The Balaban J connectivity index is 1.47. The molecule has 0 bridgehead atoms. The predicted octanol–water partition coefficient (Wildman–Crippen LogP) is -0.000400. The van der Waals surface area contributed by atoms with Crippen LogP contribution < -0.4 is 10.0 Å². The molecule has 19 heavy (non-hydrogen) atoms. The SMILES string of the molecule is O=S(=O)(CCN1CCNCC1)NC(C1CC1)C1CC1. The topological polar surface area (TPSA) is 61.4 Å². The van der Waals surface area contributed by atoms with Crippen LogP contribution in [0.2, 0.25) is 0 Å². The van der Waals surface area contributed by atoms with Gasteiger partial charge in [-0.05, 0) is 37.5 Å². The van der Waals surface area contributed by atoms with Gasteiger partial charge in [0.15, 0.2) is 0 Å². The second-order valence-corrected chi connectivity index (χ2v) is 8.10. The van der Waals surface area contributed by atoms with E-state index in [1.807, 2.05) is 0 Å². The third-order valence-electron chi connectivity index (χ3n) is 4.46. The van der Waals surface area contributed by atoms with Gasteiger partial charge in [-0.15, -0.1) is 0 Å². The van der Waals surface area contributed by atoms with Gasteiger partial charge in [-0.3, -0.25) is 4.90 Å². The lowest BCUT2D eigenvalue weighted by molar-refractivity contribution is 0.253. The molecule has 1 heterocycles. The molecule has 0 atom stereocenters. The molecule has 6 heteroatoms. The maximum absolute atomic E-state index is 12.2. The van der Waals surface area contributed by atoms with Gasteiger partial charge < -0.3 is 5.32 Å². The van der Waals surface area contributed by atoms with Gasteiger partial charge in [-0.25, -0.2) is 13.1 Å². The van der Waals surface area contributed by atoms with Crippen LogP contribution in [0, 0.1) is 11.8 Å². The van der Waals surface area contributed by atoms with Gasteiger partial charge in [0.2, 0.25) is 10.0 Å². The number of piperazine rings is 1. The number of hydrogen-bond acceptors (Lipinski definition) is 4. The number of nitrogens with zero attached hydrogens (tertiary/aromatic N) is 1. The number of rotatable bonds is 7. The van der Waals surface area contributed by atoms with Crippen LogP contribution in [0.25, 0.3) is 0 Å². The summed E-state index contributed by atoms with van der Waals surface area (Å²) >= 11 is 0. The van der Waals surface area contributed by atoms with Crippen LogP contribution in [0.4, 0.5) is 0 Å². The predicted molar refractivity (Wildman–Crippen MR) is 75.5 cm³/mol. The van der Waals surface area contributed by atoms with E-state index in [0.717, 1.165) is 26.2 Å². The summed E-state index contributed by atoms with van der Waals surface area (Å²) in [6.45, 7) is 4.54. The zero-order chi connectivity index (χ0) is 13.3. The second kappa shape index (κ2) is 5.68. The first kappa shape index (κ1) is 13.8. The molecular weight excluding hydrogens is 262 g/mol. The molecule has 0 unspecified atom stereocenters. The van der Waals surface area contributed by atoms with Gasteiger partial charge in [-0.1, -0.05) is 0 Å². The van der Waals surface area contributed by atoms with E-state index in [4.69, 9.17) is 0 Å². The number of nitrogens with one attached hydrogen (secondary N) is 2. The van der Waals surface area contributed by atoms with Crippen molar-refractivity contribution in [3.05, 3.63) is 0 Å². The molecule has 3 fully saturated rings. The van der Waals surface area contributed by atoms with Crippen LogP contribution in [0.3, 0.4) is 0 Å². The van der Waals surface area contributed by atoms with E-state index in [1.165, 1.54) is 25.7 Å². The fourth-order valence-corrected chi connectivity index (χ4v) is 4.35. The molecule has 2 aliphatic carbocycles. The van der Waals surface area contributed by atoms with Gasteiger partial charge in [0.05, 0.1) is 5.75 Å². The van der Waals surface area contributed by atoms with Crippen LogP contribution in [0.15, 0.2) is 0 Å².